The van der Waals surface area contributed by atoms with Gasteiger partial charge in [0.05, 0.1) is 0 Å². The fourth-order valence-electron chi connectivity index (χ4n) is 3.68. The van der Waals surface area contributed by atoms with Crippen molar-refractivity contribution < 1.29 is 0 Å². The molecule has 0 nitrogen and oxygen atoms in total. The summed E-state index contributed by atoms with van der Waals surface area (Å²) in [5.74, 6) is 0. The number of rotatable bonds is 0. The lowest BCUT2D eigenvalue weighted by molar-refractivity contribution is -0.0939. The fraction of sp³-hybridized carbons (Fsp3) is 1.00. The van der Waals surface area contributed by atoms with Gasteiger partial charge in [-0.3, -0.25) is 0 Å². The lowest BCUT2D eigenvalue weighted by atomic mass is 9.43. The Bertz CT molecular complexity index is 204. The molecule has 1 aliphatic carbocycles. The molecule has 0 aromatic heterocycles. The first-order valence-corrected chi connectivity index (χ1v) is 5.68. The van der Waals surface area contributed by atoms with Crippen LogP contribution in [0.25, 0.3) is 0 Å². The fourth-order valence-corrected chi connectivity index (χ4v) is 6.47. The van der Waals surface area contributed by atoms with E-state index in [2.05, 4.69) is 53.3 Å². The molecular formula is C11H20S. The van der Waals surface area contributed by atoms with Gasteiger partial charge in [-0.15, -0.1) is 11.8 Å². The molecule has 0 radical (unpaired) electrons. The monoisotopic (exact) mass is 184 g/mol. The van der Waals surface area contributed by atoms with Crippen molar-refractivity contribution >= 4 is 11.8 Å². The summed E-state index contributed by atoms with van der Waals surface area (Å²) < 4.78 is 1.17. The van der Waals surface area contributed by atoms with Gasteiger partial charge in [0.15, 0.2) is 0 Å². The van der Waals surface area contributed by atoms with Gasteiger partial charge in [-0.25, -0.2) is 0 Å². The number of hydrogen-bond acceptors (Lipinski definition) is 1. The van der Waals surface area contributed by atoms with Crippen LogP contribution in [0.5, 0.6) is 0 Å². The molecule has 0 aromatic rings. The van der Waals surface area contributed by atoms with Crippen molar-refractivity contribution in [1.29, 1.82) is 0 Å². The molecule has 1 heteroatoms. The largest absolute Gasteiger partial charge is 0.148 e. The first kappa shape index (κ1) is 8.93. The van der Waals surface area contributed by atoms with E-state index in [9.17, 15) is 0 Å². The van der Waals surface area contributed by atoms with E-state index in [0.717, 1.165) is 0 Å². The molecule has 2 unspecified atom stereocenters. The van der Waals surface area contributed by atoms with Crippen LogP contribution in [0.4, 0.5) is 0 Å². The van der Waals surface area contributed by atoms with Crippen LogP contribution in [0.2, 0.25) is 0 Å². The molecule has 12 heavy (non-hydrogen) atoms. The van der Waals surface area contributed by atoms with Gasteiger partial charge >= 0.3 is 0 Å². The summed E-state index contributed by atoms with van der Waals surface area (Å²) in [7, 11) is 0. The smallest absolute Gasteiger partial charge is 0.0222 e. The third kappa shape index (κ3) is 0.584. The van der Waals surface area contributed by atoms with E-state index in [0.29, 0.717) is 20.3 Å². The van der Waals surface area contributed by atoms with Crippen LogP contribution in [0.3, 0.4) is 0 Å². The molecule has 2 heterocycles. The highest BCUT2D eigenvalue weighted by atomic mass is 32.2. The van der Waals surface area contributed by atoms with Crippen LogP contribution in [-0.4, -0.2) is 9.49 Å². The van der Waals surface area contributed by atoms with E-state index in [1.807, 2.05) is 0 Å². The zero-order valence-electron chi connectivity index (χ0n) is 9.12. The minimum absolute atomic E-state index is 0.458. The van der Waals surface area contributed by atoms with Gasteiger partial charge in [0.25, 0.3) is 0 Å². The van der Waals surface area contributed by atoms with E-state index in [1.54, 1.807) is 0 Å². The molecule has 3 aliphatic rings. The van der Waals surface area contributed by atoms with Crippen LogP contribution in [0, 0.1) is 10.8 Å². The van der Waals surface area contributed by atoms with E-state index in [-0.39, 0.29) is 0 Å². The molecule has 3 fully saturated rings. The van der Waals surface area contributed by atoms with Crippen molar-refractivity contribution in [2.75, 3.05) is 0 Å². The average Bonchev–Trinajstić information content (AvgIpc) is 1.83. The van der Waals surface area contributed by atoms with Crippen molar-refractivity contribution in [3.8, 4) is 0 Å². The average molecular weight is 184 g/mol. The Morgan fingerprint density at radius 3 is 1.42 bits per heavy atom. The molecule has 0 spiro atoms. The summed E-state index contributed by atoms with van der Waals surface area (Å²) in [6, 6.07) is 0. The lowest BCUT2D eigenvalue weighted by Gasteiger charge is -2.84. The maximum atomic E-state index is 2.48. The molecule has 2 atom stereocenters. The third-order valence-electron chi connectivity index (χ3n) is 4.74. The predicted molar refractivity (Wildman–Crippen MR) is 56.6 cm³/mol. The predicted octanol–water partition coefficient (Wildman–Crippen LogP) is 3.71. The van der Waals surface area contributed by atoms with Gasteiger partial charge in [-0.05, 0) is 25.7 Å². The second kappa shape index (κ2) is 1.75. The summed E-state index contributed by atoms with van der Waals surface area (Å²) in [4.78, 5) is 0. The molecule has 3 rings (SSSR count). The molecule has 2 aliphatic heterocycles. The van der Waals surface area contributed by atoms with E-state index in [4.69, 9.17) is 0 Å². The Kier molecular flexibility index (Phi) is 1.30. The minimum Gasteiger partial charge on any atom is -0.148 e. The van der Waals surface area contributed by atoms with Gasteiger partial charge < -0.3 is 0 Å². The van der Waals surface area contributed by atoms with Crippen LogP contribution in [-0.2, 0) is 0 Å². The molecule has 2 saturated heterocycles. The second-order valence-corrected chi connectivity index (χ2v) is 8.12. The highest BCUT2D eigenvalue weighted by molar-refractivity contribution is 8.05. The van der Waals surface area contributed by atoms with Gasteiger partial charge in [0, 0.05) is 14.9 Å². The van der Waals surface area contributed by atoms with Crippen LogP contribution in [0.15, 0.2) is 0 Å². The van der Waals surface area contributed by atoms with E-state index < -0.39 is 0 Å². The summed E-state index contributed by atoms with van der Waals surface area (Å²) in [5, 5.41) is 0. The van der Waals surface area contributed by atoms with E-state index in [1.165, 1.54) is 6.42 Å². The third-order valence-corrected chi connectivity index (χ3v) is 6.75. The van der Waals surface area contributed by atoms with Gasteiger partial charge in [0.1, 0.15) is 0 Å². The molecule has 0 amide bonds. The highest BCUT2D eigenvalue weighted by Crippen LogP contribution is 2.86. The van der Waals surface area contributed by atoms with Crippen molar-refractivity contribution in [3.63, 3.8) is 0 Å². The van der Waals surface area contributed by atoms with Gasteiger partial charge in [-0.2, -0.15) is 0 Å². The Morgan fingerprint density at radius 2 is 1.33 bits per heavy atom. The van der Waals surface area contributed by atoms with Crippen LogP contribution in [0.1, 0.15) is 48.0 Å². The summed E-state index contributed by atoms with van der Waals surface area (Å²) in [5.41, 5.74) is 1.01. The minimum atomic E-state index is 0.458. The zero-order valence-corrected chi connectivity index (χ0v) is 9.93. The van der Waals surface area contributed by atoms with Gasteiger partial charge in [0.2, 0.25) is 0 Å². The SMILES string of the molecule is CC(C)(C)C1(C)C2(C)CC1(C)S2. The molecule has 2 bridgehead atoms. The Labute approximate surface area is 80.5 Å². The molecule has 0 N–H and O–H groups in total. The molecule has 0 aromatic carbocycles. The quantitative estimate of drug-likeness (QED) is 0.553. The van der Waals surface area contributed by atoms with Crippen molar-refractivity contribution in [2.24, 2.45) is 10.8 Å². The van der Waals surface area contributed by atoms with Crippen LogP contribution >= 0.6 is 11.8 Å². The molecule has 1 saturated carbocycles. The van der Waals surface area contributed by atoms with Crippen molar-refractivity contribution in [3.05, 3.63) is 0 Å². The van der Waals surface area contributed by atoms with Crippen molar-refractivity contribution in [1.82, 2.24) is 0 Å². The normalized spacial score (nSPS) is 57.5. The molecular weight excluding hydrogens is 164 g/mol. The summed E-state index contributed by atoms with van der Waals surface area (Å²) in [6.07, 6.45) is 1.43. The maximum Gasteiger partial charge on any atom is 0.0222 e. The Morgan fingerprint density at radius 1 is 1.00 bits per heavy atom. The summed E-state index contributed by atoms with van der Waals surface area (Å²) >= 11 is 2.20. The standard InChI is InChI=1S/C11H20S/c1-8(2,3)11(6)9(4)7-10(11,5)12-9/h7H2,1-6H3. The molecule has 70 valence electrons. The highest BCUT2D eigenvalue weighted by Gasteiger charge is 2.81. The summed E-state index contributed by atoms with van der Waals surface area (Å²) in [6.45, 7) is 14.5. The second-order valence-electron chi connectivity index (χ2n) is 6.12. The number of hydrogen-bond donors (Lipinski definition) is 0. The maximum absolute atomic E-state index is 2.48. The first-order valence-electron chi connectivity index (χ1n) is 4.87. The Balaban J connectivity index is 2.36. The number of thioether (sulfide) groups is 1. The van der Waals surface area contributed by atoms with E-state index >= 15 is 0 Å². The zero-order chi connectivity index (χ0) is 9.41. The van der Waals surface area contributed by atoms with Crippen molar-refractivity contribution in [2.45, 2.75) is 57.5 Å². The van der Waals surface area contributed by atoms with Crippen LogP contribution < -0.4 is 0 Å². The van der Waals surface area contributed by atoms with Gasteiger partial charge in [-0.1, -0.05) is 27.7 Å². The Hall–Kier alpha value is 0.350. The first-order chi connectivity index (χ1) is 5.16. The topological polar surface area (TPSA) is 0 Å². The lowest BCUT2D eigenvalue weighted by Crippen LogP contribution is -2.82.